The Morgan fingerprint density at radius 1 is 1.15 bits per heavy atom. The third-order valence-corrected chi connectivity index (χ3v) is 3.59. The standard InChI is InChI=1S/C16H21NO3/c1-12(18)17-14-7-9-15(10-8-14)20-16(19)11-13-5-3-2-4-6-13/h7-10,13H,2-6,11H2,1H3,(H,17,18). The Labute approximate surface area is 119 Å². The van der Waals surface area contributed by atoms with Crippen LogP contribution in [0.1, 0.15) is 45.4 Å². The van der Waals surface area contributed by atoms with Crippen LogP contribution in [-0.4, -0.2) is 11.9 Å². The van der Waals surface area contributed by atoms with E-state index in [2.05, 4.69) is 5.32 Å². The summed E-state index contributed by atoms with van der Waals surface area (Å²) in [5, 5.41) is 2.67. The number of anilines is 1. The van der Waals surface area contributed by atoms with Gasteiger partial charge in [-0.1, -0.05) is 19.3 Å². The second-order valence-electron chi connectivity index (χ2n) is 5.39. The molecular weight excluding hydrogens is 254 g/mol. The molecule has 0 saturated heterocycles. The van der Waals surface area contributed by atoms with E-state index in [0.29, 0.717) is 23.8 Å². The molecule has 2 rings (SSSR count). The maximum atomic E-state index is 11.9. The third kappa shape index (κ3) is 4.68. The van der Waals surface area contributed by atoms with Gasteiger partial charge in [-0.2, -0.15) is 0 Å². The lowest BCUT2D eigenvalue weighted by atomic mass is 9.87. The summed E-state index contributed by atoms with van der Waals surface area (Å²) >= 11 is 0. The van der Waals surface area contributed by atoms with Crippen molar-refractivity contribution < 1.29 is 14.3 Å². The minimum atomic E-state index is -0.163. The summed E-state index contributed by atoms with van der Waals surface area (Å²) in [6, 6.07) is 6.85. The molecule has 1 aliphatic carbocycles. The molecule has 0 aliphatic heterocycles. The minimum Gasteiger partial charge on any atom is -0.427 e. The lowest BCUT2D eigenvalue weighted by Gasteiger charge is -2.20. The van der Waals surface area contributed by atoms with E-state index >= 15 is 0 Å². The number of carbonyl (C=O) groups is 2. The van der Waals surface area contributed by atoms with Crippen molar-refractivity contribution in [3.05, 3.63) is 24.3 Å². The van der Waals surface area contributed by atoms with Crippen molar-refractivity contribution >= 4 is 17.6 Å². The fourth-order valence-corrected chi connectivity index (χ4v) is 2.61. The van der Waals surface area contributed by atoms with Crippen LogP contribution < -0.4 is 10.1 Å². The van der Waals surface area contributed by atoms with Gasteiger partial charge in [0, 0.05) is 19.0 Å². The van der Waals surface area contributed by atoms with E-state index in [-0.39, 0.29) is 11.9 Å². The van der Waals surface area contributed by atoms with E-state index in [0.717, 1.165) is 12.8 Å². The van der Waals surface area contributed by atoms with E-state index in [1.54, 1.807) is 24.3 Å². The largest absolute Gasteiger partial charge is 0.427 e. The molecule has 0 spiro atoms. The number of rotatable bonds is 4. The topological polar surface area (TPSA) is 55.4 Å². The zero-order valence-corrected chi connectivity index (χ0v) is 11.9. The minimum absolute atomic E-state index is 0.118. The van der Waals surface area contributed by atoms with Crippen LogP contribution in [0.3, 0.4) is 0 Å². The molecule has 108 valence electrons. The first-order valence-electron chi connectivity index (χ1n) is 7.22. The molecule has 0 radical (unpaired) electrons. The van der Waals surface area contributed by atoms with Crippen molar-refractivity contribution in [1.82, 2.24) is 0 Å². The van der Waals surface area contributed by atoms with Crippen molar-refractivity contribution in [3.63, 3.8) is 0 Å². The molecule has 1 aliphatic rings. The molecule has 0 bridgehead atoms. The van der Waals surface area contributed by atoms with Gasteiger partial charge in [0.2, 0.25) is 5.91 Å². The molecule has 0 aromatic heterocycles. The average Bonchev–Trinajstić information content (AvgIpc) is 2.41. The maximum Gasteiger partial charge on any atom is 0.311 e. The number of amides is 1. The average molecular weight is 275 g/mol. The highest BCUT2D eigenvalue weighted by atomic mass is 16.5. The molecule has 1 aromatic carbocycles. The van der Waals surface area contributed by atoms with E-state index in [9.17, 15) is 9.59 Å². The summed E-state index contributed by atoms with van der Waals surface area (Å²) < 4.78 is 5.33. The van der Waals surface area contributed by atoms with Crippen LogP contribution in [0.15, 0.2) is 24.3 Å². The Balaban J connectivity index is 1.82. The van der Waals surface area contributed by atoms with Crippen molar-refractivity contribution in [2.24, 2.45) is 5.92 Å². The second-order valence-corrected chi connectivity index (χ2v) is 5.39. The van der Waals surface area contributed by atoms with Gasteiger partial charge in [0.1, 0.15) is 5.75 Å². The van der Waals surface area contributed by atoms with Crippen molar-refractivity contribution in [2.75, 3.05) is 5.32 Å². The number of benzene rings is 1. The molecule has 4 nitrogen and oxygen atoms in total. The first kappa shape index (κ1) is 14.6. The van der Waals surface area contributed by atoms with Crippen molar-refractivity contribution in [3.8, 4) is 5.75 Å². The van der Waals surface area contributed by atoms with E-state index < -0.39 is 0 Å². The quantitative estimate of drug-likeness (QED) is 0.675. The highest BCUT2D eigenvalue weighted by molar-refractivity contribution is 5.88. The predicted molar refractivity (Wildman–Crippen MR) is 77.6 cm³/mol. The van der Waals surface area contributed by atoms with Crippen LogP contribution in [0.2, 0.25) is 0 Å². The summed E-state index contributed by atoms with van der Waals surface area (Å²) in [6.45, 7) is 1.46. The van der Waals surface area contributed by atoms with Crippen molar-refractivity contribution in [2.45, 2.75) is 45.4 Å². The van der Waals surface area contributed by atoms with Crippen LogP contribution in [0.25, 0.3) is 0 Å². The maximum absolute atomic E-state index is 11.9. The zero-order chi connectivity index (χ0) is 14.4. The Bertz CT molecular complexity index is 461. The zero-order valence-electron chi connectivity index (χ0n) is 11.9. The molecule has 1 saturated carbocycles. The third-order valence-electron chi connectivity index (χ3n) is 3.59. The highest BCUT2D eigenvalue weighted by Gasteiger charge is 2.18. The van der Waals surface area contributed by atoms with Crippen LogP contribution >= 0.6 is 0 Å². The second kappa shape index (κ2) is 7.08. The van der Waals surface area contributed by atoms with E-state index in [1.807, 2.05) is 0 Å². The lowest BCUT2D eigenvalue weighted by molar-refractivity contribution is -0.135. The van der Waals surface area contributed by atoms with Gasteiger partial charge in [0.25, 0.3) is 0 Å². The summed E-state index contributed by atoms with van der Waals surface area (Å²) in [5.41, 5.74) is 0.699. The Morgan fingerprint density at radius 3 is 2.40 bits per heavy atom. The Morgan fingerprint density at radius 2 is 1.80 bits per heavy atom. The van der Waals surface area contributed by atoms with Gasteiger partial charge < -0.3 is 10.1 Å². The molecule has 1 N–H and O–H groups in total. The molecule has 1 amide bonds. The Kier molecular flexibility index (Phi) is 5.16. The summed E-state index contributed by atoms with van der Waals surface area (Å²) in [7, 11) is 0. The van der Waals surface area contributed by atoms with Crippen LogP contribution in [0.4, 0.5) is 5.69 Å². The SMILES string of the molecule is CC(=O)Nc1ccc(OC(=O)CC2CCCCC2)cc1. The molecule has 20 heavy (non-hydrogen) atoms. The monoisotopic (exact) mass is 275 g/mol. The molecule has 1 aromatic rings. The van der Waals surface area contributed by atoms with Gasteiger partial charge in [0.15, 0.2) is 0 Å². The summed E-state index contributed by atoms with van der Waals surface area (Å²) in [5.74, 6) is 0.728. The van der Waals surface area contributed by atoms with Gasteiger partial charge in [-0.15, -0.1) is 0 Å². The first-order valence-corrected chi connectivity index (χ1v) is 7.22. The predicted octanol–water partition coefficient (Wildman–Crippen LogP) is 3.52. The molecule has 0 heterocycles. The van der Waals surface area contributed by atoms with Crippen molar-refractivity contribution in [1.29, 1.82) is 0 Å². The molecule has 0 unspecified atom stereocenters. The first-order chi connectivity index (χ1) is 9.63. The summed E-state index contributed by atoms with van der Waals surface area (Å²) in [4.78, 5) is 22.8. The van der Waals surface area contributed by atoms with Gasteiger partial charge in [0.05, 0.1) is 0 Å². The number of carbonyl (C=O) groups excluding carboxylic acids is 2. The number of hydrogen-bond donors (Lipinski definition) is 1. The number of nitrogens with one attached hydrogen (secondary N) is 1. The molecule has 1 fully saturated rings. The van der Waals surface area contributed by atoms with Gasteiger partial charge >= 0.3 is 5.97 Å². The number of hydrogen-bond acceptors (Lipinski definition) is 3. The number of ether oxygens (including phenoxy) is 1. The Hall–Kier alpha value is -1.84. The summed E-state index contributed by atoms with van der Waals surface area (Å²) in [6.07, 6.45) is 6.52. The van der Waals surface area contributed by atoms with Crippen LogP contribution in [-0.2, 0) is 9.59 Å². The fraction of sp³-hybridized carbons (Fsp3) is 0.500. The van der Waals surface area contributed by atoms with E-state index in [4.69, 9.17) is 4.74 Å². The molecule has 4 heteroatoms. The normalized spacial score (nSPS) is 15.7. The van der Waals surface area contributed by atoms with Gasteiger partial charge in [-0.05, 0) is 43.0 Å². The molecule has 0 atom stereocenters. The highest BCUT2D eigenvalue weighted by Crippen LogP contribution is 2.27. The number of esters is 1. The van der Waals surface area contributed by atoms with Crippen LogP contribution in [0.5, 0.6) is 5.75 Å². The fourth-order valence-electron chi connectivity index (χ4n) is 2.61. The smallest absolute Gasteiger partial charge is 0.311 e. The van der Waals surface area contributed by atoms with Crippen LogP contribution in [0, 0.1) is 5.92 Å². The van der Waals surface area contributed by atoms with E-state index in [1.165, 1.54) is 26.2 Å². The van der Waals surface area contributed by atoms with Gasteiger partial charge in [-0.3, -0.25) is 9.59 Å². The van der Waals surface area contributed by atoms with Gasteiger partial charge in [-0.25, -0.2) is 0 Å². The molecular formula is C16H21NO3. The lowest BCUT2D eigenvalue weighted by Crippen LogP contribution is -2.16.